The maximum Gasteiger partial charge on any atom is 0.126 e. The molecule has 1 nitrogen and oxygen atoms in total. The first-order chi connectivity index (χ1) is 8.56. The van der Waals surface area contributed by atoms with Gasteiger partial charge in [-0.2, -0.15) is 0 Å². The number of benzene rings is 1. The van der Waals surface area contributed by atoms with Crippen molar-refractivity contribution < 1.29 is 8.78 Å². The van der Waals surface area contributed by atoms with Crippen LogP contribution in [0.5, 0.6) is 0 Å². The van der Waals surface area contributed by atoms with E-state index in [9.17, 15) is 8.78 Å². The molecule has 0 aliphatic heterocycles. The smallest absolute Gasteiger partial charge is 0.126 e. The zero-order chi connectivity index (χ0) is 13.5. The Hall–Kier alpha value is -0.960. The zero-order valence-corrected chi connectivity index (χ0v) is 11.5. The molecular formula is C15H23F2N. The molecule has 2 atom stereocenters. The summed E-state index contributed by atoms with van der Waals surface area (Å²) in [7, 11) is 0. The van der Waals surface area contributed by atoms with E-state index in [1.807, 2.05) is 0 Å². The van der Waals surface area contributed by atoms with Crippen LogP contribution in [-0.2, 0) is 6.42 Å². The number of rotatable bonds is 7. The SMILES string of the molecule is CCCNC(CC)C(C)Cc1cc(F)cc(F)c1. The minimum Gasteiger partial charge on any atom is -0.314 e. The lowest BCUT2D eigenvalue weighted by molar-refractivity contribution is 0.364. The molecule has 0 aliphatic carbocycles. The molecular weight excluding hydrogens is 232 g/mol. The highest BCUT2D eigenvalue weighted by Gasteiger charge is 2.15. The third kappa shape index (κ3) is 4.73. The molecule has 0 fully saturated rings. The van der Waals surface area contributed by atoms with Gasteiger partial charge in [-0.3, -0.25) is 0 Å². The van der Waals surface area contributed by atoms with Crippen LogP contribution in [0.3, 0.4) is 0 Å². The van der Waals surface area contributed by atoms with Gasteiger partial charge >= 0.3 is 0 Å². The first kappa shape index (κ1) is 15.1. The maximum atomic E-state index is 13.1. The fourth-order valence-electron chi connectivity index (χ4n) is 2.32. The molecule has 0 bridgehead atoms. The Balaban J connectivity index is 2.63. The van der Waals surface area contributed by atoms with Crippen LogP contribution in [0.25, 0.3) is 0 Å². The number of hydrogen-bond donors (Lipinski definition) is 1. The maximum absolute atomic E-state index is 13.1. The fraction of sp³-hybridized carbons (Fsp3) is 0.600. The molecule has 0 saturated carbocycles. The van der Waals surface area contributed by atoms with E-state index in [0.717, 1.165) is 31.0 Å². The average molecular weight is 255 g/mol. The van der Waals surface area contributed by atoms with E-state index in [1.54, 1.807) is 0 Å². The van der Waals surface area contributed by atoms with E-state index in [2.05, 4.69) is 26.1 Å². The lowest BCUT2D eigenvalue weighted by Gasteiger charge is -2.24. The molecule has 0 amide bonds. The van der Waals surface area contributed by atoms with Crippen molar-refractivity contribution in [3.8, 4) is 0 Å². The monoisotopic (exact) mass is 255 g/mol. The summed E-state index contributed by atoms with van der Waals surface area (Å²) in [6.07, 6.45) is 2.82. The normalized spacial score (nSPS) is 14.5. The topological polar surface area (TPSA) is 12.0 Å². The van der Waals surface area contributed by atoms with E-state index >= 15 is 0 Å². The van der Waals surface area contributed by atoms with Crippen molar-refractivity contribution in [2.45, 2.75) is 46.1 Å². The second-order valence-corrected chi connectivity index (χ2v) is 4.93. The van der Waals surface area contributed by atoms with Crippen molar-refractivity contribution in [1.82, 2.24) is 5.32 Å². The van der Waals surface area contributed by atoms with Crippen LogP contribution >= 0.6 is 0 Å². The van der Waals surface area contributed by atoms with E-state index in [1.165, 1.54) is 12.1 Å². The van der Waals surface area contributed by atoms with Crippen molar-refractivity contribution in [1.29, 1.82) is 0 Å². The van der Waals surface area contributed by atoms with Gasteiger partial charge in [0.15, 0.2) is 0 Å². The summed E-state index contributed by atoms with van der Waals surface area (Å²) in [4.78, 5) is 0. The number of halogens is 2. The second-order valence-electron chi connectivity index (χ2n) is 4.93. The Bertz CT molecular complexity index is 345. The molecule has 1 rings (SSSR count). The Labute approximate surface area is 109 Å². The Kier molecular flexibility index (Phi) is 6.27. The van der Waals surface area contributed by atoms with E-state index < -0.39 is 11.6 Å². The highest BCUT2D eigenvalue weighted by atomic mass is 19.1. The largest absolute Gasteiger partial charge is 0.314 e. The van der Waals surface area contributed by atoms with Crippen molar-refractivity contribution in [2.24, 2.45) is 5.92 Å². The summed E-state index contributed by atoms with van der Waals surface area (Å²) in [5.74, 6) is -0.624. The standard InChI is InChI=1S/C15H23F2N/c1-4-6-18-15(5-2)11(3)7-12-8-13(16)10-14(17)9-12/h8-11,15,18H,4-7H2,1-3H3. The van der Waals surface area contributed by atoms with Gasteiger partial charge in [-0.1, -0.05) is 20.8 Å². The molecule has 1 N–H and O–H groups in total. The van der Waals surface area contributed by atoms with E-state index in [-0.39, 0.29) is 0 Å². The number of nitrogens with one attached hydrogen (secondary N) is 1. The van der Waals surface area contributed by atoms with Gasteiger partial charge in [0.1, 0.15) is 11.6 Å². The van der Waals surface area contributed by atoms with Crippen molar-refractivity contribution in [3.05, 3.63) is 35.4 Å². The van der Waals surface area contributed by atoms with Gasteiger partial charge < -0.3 is 5.32 Å². The second kappa shape index (κ2) is 7.47. The van der Waals surface area contributed by atoms with Crippen LogP contribution in [0.15, 0.2) is 18.2 Å². The Morgan fingerprint density at radius 2 is 1.72 bits per heavy atom. The molecule has 1 aromatic carbocycles. The Morgan fingerprint density at radius 3 is 2.22 bits per heavy atom. The van der Waals surface area contributed by atoms with Gasteiger partial charge in [-0.05, 0) is 49.4 Å². The van der Waals surface area contributed by atoms with Crippen LogP contribution in [0.1, 0.15) is 39.2 Å². The van der Waals surface area contributed by atoms with Crippen LogP contribution in [0.2, 0.25) is 0 Å². The van der Waals surface area contributed by atoms with Crippen LogP contribution in [-0.4, -0.2) is 12.6 Å². The molecule has 0 heterocycles. The van der Waals surface area contributed by atoms with Gasteiger partial charge in [0.2, 0.25) is 0 Å². The molecule has 102 valence electrons. The van der Waals surface area contributed by atoms with Crippen molar-refractivity contribution >= 4 is 0 Å². The van der Waals surface area contributed by atoms with Crippen LogP contribution in [0.4, 0.5) is 8.78 Å². The molecule has 2 unspecified atom stereocenters. The highest BCUT2D eigenvalue weighted by Crippen LogP contribution is 2.16. The first-order valence-corrected chi connectivity index (χ1v) is 6.75. The molecule has 0 aromatic heterocycles. The minimum atomic E-state index is -0.494. The predicted molar refractivity (Wildman–Crippen MR) is 71.6 cm³/mol. The van der Waals surface area contributed by atoms with Gasteiger partial charge in [-0.15, -0.1) is 0 Å². The van der Waals surface area contributed by atoms with Gasteiger partial charge in [0, 0.05) is 12.1 Å². The average Bonchev–Trinajstić information content (AvgIpc) is 2.28. The molecule has 18 heavy (non-hydrogen) atoms. The zero-order valence-electron chi connectivity index (χ0n) is 11.5. The summed E-state index contributed by atoms with van der Waals surface area (Å²) in [6.45, 7) is 7.38. The summed E-state index contributed by atoms with van der Waals surface area (Å²) < 4.78 is 26.2. The van der Waals surface area contributed by atoms with Crippen molar-refractivity contribution in [3.63, 3.8) is 0 Å². The third-order valence-corrected chi connectivity index (χ3v) is 3.26. The molecule has 0 spiro atoms. The summed E-state index contributed by atoms with van der Waals surface area (Å²) in [6, 6.07) is 4.16. The molecule has 3 heteroatoms. The molecule has 1 aromatic rings. The summed E-state index contributed by atoms with van der Waals surface area (Å²) in [5.41, 5.74) is 0.733. The minimum absolute atomic E-state index is 0.364. The highest BCUT2D eigenvalue weighted by molar-refractivity contribution is 5.18. The van der Waals surface area contributed by atoms with Gasteiger partial charge in [-0.25, -0.2) is 8.78 Å². The quantitative estimate of drug-likeness (QED) is 0.778. The predicted octanol–water partition coefficient (Wildman–Crippen LogP) is 3.92. The first-order valence-electron chi connectivity index (χ1n) is 6.75. The molecule has 0 aliphatic rings. The third-order valence-electron chi connectivity index (χ3n) is 3.26. The molecule has 0 saturated heterocycles. The lowest BCUT2D eigenvalue weighted by Crippen LogP contribution is -2.35. The molecule has 0 radical (unpaired) electrons. The van der Waals surface area contributed by atoms with Gasteiger partial charge in [0.05, 0.1) is 0 Å². The van der Waals surface area contributed by atoms with Gasteiger partial charge in [0.25, 0.3) is 0 Å². The number of hydrogen-bond acceptors (Lipinski definition) is 1. The van der Waals surface area contributed by atoms with Crippen LogP contribution in [0, 0.1) is 17.6 Å². The summed E-state index contributed by atoms with van der Waals surface area (Å²) >= 11 is 0. The fourth-order valence-corrected chi connectivity index (χ4v) is 2.32. The summed E-state index contributed by atoms with van der Waals surface area (Å²) in [5, 5.41) is 3.48. The van der Waals surface area contributed by atoms with Crippen molar-refractivity contribution in [2.75, 3.05) is 6.54 Å². The van der Waals surface area contributed by atoms with E-state index in [4.69, 9.17) is 0 Å². The lowest BCUT2D eigenvalue weighted by atomic mass is 9.92. The van der Waals surface area contributed by atoms with Crippen LogP contribution < -0.4 is 5.32 Å². The Morgan fingerprint density at radius 1 is 1.11 bits per heavy atom. The van der Waals surface area contributed by atoms with E-state index in [0.29, 0.717) is 18.4 Å².